The summed E-state index contributed by atoms with van der Waals surface area (Å²) in [7, 11) is -6.39. The number of hydrogen-bond donors (Lipinski definition) is 6. The number of hydrogen-bond acceptors (Lipinski definition) is 12. The van der Waals surface area contributed by atoms with Gasteiger partial charge in [-0.2, -0.15) is 10.2 Å². The number of rotatable bonds is 13. The summed E-state index contributed by atoms with van der Waals surface area (Å²) in [6, 6.07) is 9.41. The van der Waals surface area contributed by atoms with Gasteiger partial charge in [-0.1, -0.05) is 33.4 Å². The second-order valence-electron chi connectivity index (χ2n) is 15.8. The van der Waals surface area contributed by atoms with Crippen LogP contribution in [-0.4, -0.2) is 85.2 Å². The number of benzene rings is 1. The third-order valence-electron chi connectivity index (χ3n) is 10.3. The van der Waals surface area contributed by atoms with Crippen molar-refractivity contribution in [1.29, 1.82) is 0 Å². The molecule has 0 saturated heterocycles. The third-order valence-corrected chi connectivity index (χ3v) is 14.0. The van der Waals surface area contributed by atoms with Crippen LogP contribution in [-0.2, 0) is 35.6 Å². The zero-order valence-corrected chi connectivity index (χ0v) is 37.8. The molecule has 1 aliphatic heterocycles. The average molecular weight is 873 g/mol. The van der Waals surface area contributed by atoms with Gasteiger partial charge in [-0.25, -0.2) is 26.4 Å². The quantitative estimate of drug-likeness (QED) is 0.0896. The summed E-state index contributed by atoms with van der Waals surface area (Å²) in [5.74, 6) is 2.03. The van der Waals surface area contributed by atoms with Gasteiger partial charge in [-0.3, -0.25) is 10.2 Å². The van der Waals surface area contributed by atoms with Gasteiger partial charge in [0.15, 0.2) is 31.3 Å². The van der Waals surface area contributed by atoms with E-state index in [1.807, 2.05) is 65.8 Å². The van der Waals surface area contributed by atoms with Gasteiger partial charge in [-0.15, -0.1) is 0 Å². The highest BCUT2D eigenvalue weighted by molar-refractivity contribution is 7.95. The minimum Gasteiger partial charge on any atom is -0.446 e. The second kappa shape index (κ2) is 21.6. The van der Waals surface area contributed by atoms with Crippen LogP contribution in [0, 0.1) is 0 Å². The lowest BCUT2D eigenvalue weighted by Gasteiger charge is -2.27. The van der Waals surface area contributed by atoms with Crippen LogP contribution in [0.15, 0.2) is 58.5 Å². The van der Waals surface area contributed by atoms with Gasteiger partial charge in [0, 0.05) is 63.7 Å². The molecule has 2 amide bonds. The summed E-state index contributed by atoms with van der Waals surface area (Å²) in [6.45, 7) is 18.6. The molecule has 0 radical (unpaired) electrons. The lowest BCUT2D eigenvalue weighted by molar-refractivity contribution is 0.0697. The molecular weight excluding hydrogens is 809 g/mol. The Bertz CT molecular complexity index is 2170. The summed E-state index contributed by atoms with van der Waals surface area (Å²) >= 11 is 0. The van der Waals surface area contributed by atoms with Gasteiger partial charge in [0.2, 0.25) is 0 Å². The summed E-state index contributed by atoms with van der Waals surface area (Å²) in [6.07, 6.45) is 7.11. The van der Waals surface area contributed by atoms with Gasteiger partial charge in [-0.05, 0) is 110 Å². The summed E-state index contributed by atoms with van der Waals surface area (Å²) in [5.41, 5.74) is 4.03. The second-order valence-corrected chi connectivity index (χ2v) is 20.3. The molecule has 332 valence electrons. The van der Waals surface area contributed by atoms with Crippen molar-refractivity contribution in [3.63, 3.8) is 0 Å². The largest absolute Gasteiger partial charge is 0.446 e. The summed E-state index contributed by atoms with van der Waals surface area (Å²) < 4.78 is 58.9. The standard InChI is InChI=1S/C21H28N4O4S.C19H30N4O4S.C2H6/c1-13(2)22-21(26)29-17-7-4-14(5-8-17)18-12-20(25-24-18)23-16-6-3-15-9-10-30(27,28)19(15)11-16;1-6-28(25,26)14(5)9-13(4)21-18-11-17(22-23-18)15-7-8-16(10-15)27-19(24)20-12(2)3;1-2/h3,6,11-14,17H,4-5,7-10H2,1-2H3,(H,22,26)(H2,23,24,25);9,11-12,15-16H,4,6-8,10H2,1-3,5H3,(H,20,24)(H2,21,22,23);1-2H3/b;14-9+;/t;15-,16+;/m.0./s1. The Morgan fingerprint density at radius 2 is 1.42 bits per heavy atom. The van der Waals surface area contributed by atoms with Crippen LogP contribution in [0.4, 0.5) is 26.9 Å². The van der Waals surface area contributed by atoms with Gasteiger partial charge >= 0.3 is 12.2 Å². The van der Waals surface area contributed by atoms with E-state index in [1.54, 1.807) is 19.9 Å². The zero-order chi connectivity index (χ0) is 44.2. The van der Waals surface area contributed by atoms with Crippen molar-refractivity contribution in [2.24, 2.45) is 0 Å². The number of carbonyl (C=O) groups is 2. The Hall–Kier alpha value is -4.84. The predicted molar refractivity (Wildman–Crippen MR) is 235 cm³/mol. The monoisotopic (exact) mass is 872 g/mol. The SMILES string of the molecule is C=C(/C=C(\C)S(=O)(=O)CC)Nc1cc([C@H]2CC[C@@H](OC(=O)NC(C)C)C2)[nH]n1.CC.CC(C)NC(=O)OC1CCC(c2cc(Nc3ccc4c(c3)S(=O)(=O)CC4)n[nH]2)CC1. The normalized spacial score (nSPS) is 20.8. The number of amides is 2. The molecule has 2 saturated carbocycles. The third kappa shape index (κ3) is 13.9. The molecule has 6 N–H and O–H groups in total. The van der Waals surface area contributed by atoms with Crippen molar-refractivity contribution in [3.8, 4) is 0 Å². The summed E-state index contributed by atoms with van der Waals surface area (Å²) in [5, 5.41) is 26.3. The highest BCUT2D eigenvalue weighted by atomic mass is 32.2. The van der Waals surface area contributed by atoms with Crippen molar-refractivity contribution in [2.45, 2.75) is 148 Å². The number of aryl methyl sites for hydroxylation is 1. The van der Waals surface area contributed by atoms with E-state index < -0.39 is 19.7 Å². The van der Waals surface area contributed by atoms with Gasteiger partial charge in [0.05, 0.1) is 16.4 Å². The molecule has 18 heteroatoms. The first-order chi connectivity index (χ1) is 28.4. The maximum atomic E-state index is 12.1. The smallest absolute Gasteiger partial charge is 0.407 e. The zero-order valence-electron chi connectivity index (χ0n) is 36.2. The summed E-state index contributed by atoms with van der Waals surface area (Å²) in [4.78, 5) is 24.2. The van der Waals surface area contributed by atoms with E-state index in [2.05, 4.69) is 48.2 Å². The van der Waals surface area contributed by atoms with Crippen LogP contribution in [0.1, 0.15) is 129 Å². The van der Waals surface area contributed by atoms with E-state index in [1.165, 1.54) is 6.08 Å². The van der Waals surface area contributed by atoms with E-state index in [0.717, 1.165) is 61.9 Å². The molecule has 3 heterocycles. The van der Waals surface area contributed by atoms with Crippen LogP contribution in [0.2, 0.25) is 0 Å². The average Bonchev–Trinajstić information content (AvgIpc) is 4.01. The van der Waals surface area contributed by atoms with Crippen LogP contribution >= 0.6 is 0 Å². The number of ether oxygens (including phenoxy) is 2. The molecule has 1 aromatic carbocycles. The maximum Gasteiger partial charge on any atom is 0.407 e. The van der Waals surface area contributed by atoms with Crippen molar-refractivity contribution >= 4 is 49.2 Å². The Kier molecular flexibility index (Phi) is 17.2. The number of nitrogens with zero attached hydrogens (tertiary/aromatic N) is 2. The molecule has 3 aliphatic rings. The van der Waals surface area contributed by atoms with Crippen molar-refractivity contribution < 1.29 is 35.9 Å². The molecule has 6 rings (SSSR count). The molecule has 2 aliphatic carbocycles. The number of aromatic amines is 2. The first-order valence-electron chi connectivity index (χ1n) is 20.9. The van der Waals surface area contributed by atoms with Crippen LogP contribution in [0.5, 0.6) is 0 Å². The minimum absolute atomic E-state index is 0.0454. The number of fused-ring (bicyclic) bond motifs is 1. The number of allylic oxidation sites excluding steroid dienone is 2. The Balaban J connectivity index is 0.000000255. The van der Waals surface area contributed by atoms with Crippen LogP contribution < -0.4 is 21.3 Å². The highest BCUT2D eigenvalue weighted by Gasteiger charge is 2.31. The van der Waals surface area contributed by atoms with E-state index in [4.69, 9.17) is 9.47 Å². The first kappa shape index (κ1) is 47.8. The van der Waals surface area contributed by atoms with Crippen LogP contribution in [0.25, 0.3) is 0 Å². The Labute approximate surface area is 355 Å². The molecule has 0 unspecified atom stereocenters. The lowest BCUT2D eigenvalue weighted by atomic mass is 9.85. The minimum atomic E-state index is -3.23. The van der Waals surface area contributed by atoms with E-state index in [9.17, 15) is 26.4 Å². The fraction of sp³-hybridized carbons (Fsp3) is 0.571. The van der Waals surface area contributed by atoms with Gasteiger partial charge in [0.1, 0.15) is 12.2 Å². The molecule has 2 fully saturated rings. The maximum absolute atomic E-state index is 12.1. The van der Waals surface area contributed by atoms with E-state index in [-0.39, 0.29) is 58.8 Å². The van der Waals surface area contributed by atoms with Crippen molar-refractivity contribution in [2.75, 3.05) is 22.1 Å². The molecule has 0 spiro atoms. The van der Waals surface area contributed by atoms with Gasteiger partial charge in [0.25, 0.3) is 0 Å². The van der Waals surface area contributed by atoms with E-state index in [0.29, 0.717) is 40.3 Å². The predicted octanol–water partition coefficient (Wildman–Crippen LogP) is 8.11. The Morgan fingerprint density at radius 1 is 0.867 bits per heavy atom. The number of anilines is 3. The fourth-order valence-electron chi connectivity index (χ4n) is 7.28. The van der Waals surface area contributed by atoms with E-state index >= 15 is 0 Å². The van der Waals surface area contributed by atoms with Gasteiger partial charge < -0.3 is 30.7 Å². The first-order valence-corrected chi connectivity index (χ1v) is 24.3. The number of sulfone groups is 2. The molecular formula is C42H64N8O8S2. The number of nitrogens with one attached hydrogen (secondary N) is 6. The number of aromatic nitrogens is 4. The fourth-order valence-corrected chi connectivity index (χ4v) is 9.64. The molecule has 16 nitrogen and oxygen atoms in total. The number of alkyl carbamates (subject to hydrolysis) is 2. The van der Waals surface area contributed by atoms with Crippen LogP contribution in [0.3, 0.4) is 0 Å². The van der Waals surface area contributed by atoms with Crippen molar-refractivity contribution in [1.82, 2.24) is 31.0 Å². The lowest BCUT2D eigenvalue weighted by Crippen LogP contribution is -2.34. The number of carbonyl (C=O) groups excluding carboxylic acids is 2. The molecule has 3 aromatic rings. The molecule has 2 aromatic heterocycles. The number of H-pyrrole nitrogens is 2. The molecule has 0 bridgehead atoms. The Morgan fingerprint density at radius 3 is 2.03 bits per heavy atom. The topological polar surface area (TPSA) is 226 Å². The molecule has 60 heavy (non-hydrogen) atoms. The highest BCUT2D eigenvalue weighted by Crippen LogP contribution is 2.37. The van der Waals surface area contributed by atoms with Crippen molar-refractivity contribution in [3.05, 3.63) is 70.5 Å². The molecule has 2 atom stereocenters.